The molecule has 2 aliphatic rings. The lowest BCUT2D eigenvalue weighted by Gasteiger charge is -2.42. The van der Waals surface area contributed by atoms with Gasteiger partial charge >= 0.3 is 6.18 Å². The van der Waals surface area contributed by atoms with Gasteiger partial charge in [0.2, 0.25) is 0 Å². The fraction of sp³-hybridized carbons (Fsp3) is 0.615. The van der Waals surface area contributed by atoms with Crippen molar-refractivity contribution in [1.29, 1.82) is 0 Å². The summed E-state index contributed by atoms with van der Waals surface area (Å²) < 4.78 is 37.6. The second-order valence-electron chi connectivity index (χ2n) is 5.67. The summed E-state index contributed by atoms with van der Waals surface area (Å²) in [7, 11) is 0. The van der Waals surface area contributed by atoms with E-state index in [0.29, 0.717) is 29.6 Å². The number of nitrogens with two attached hydrogens (primary N) is 1. The number of piperazine rings is 1. The lowest BCUT2D eigenvalue weighted by molar-refractivity contribution is -0.147. The Morgan fingerprint density at radius 3 is 2.43 bits per heavy atom. The van der Waals surface area contributed by atoms with E-state index in [1.807, 2.05) is 0 Å². The number of aromatic nitrogens is 1. The molecule has 21 heavy (non-hydrogen) atoms. The number of halogens is 4. The van der Waals surface area contributed by atoms with Gasteiger partial charge in [-0.2, -0.15) is 13.2 Å². The zero-order valence-corrected chi connectivity index (χ0v) is 12.0. The highest BCUT2D eigenvalue weighted by molar-refractivity contribution is 6.32. The number of nitrogen functional groups attached to an aromatic ring is 1. The maximum Gasteiger partial charge on any atom is 0.401 e. The van der Waals surface area contributed by atoms with Crippen LogP contribution >= 0.6 is 11.6 Å². The van der Waals surface area contributed by atoms with Crippen LogP contribution < -0.4 is 10.6 Å². The third kappa shape index (κ3) is 3.03. The molecule has 3 heterocycles. The van der Waals surface area contributed by atoms with Gasteiger partial charge in [-0.3, -0.25) is 4.90 Å². The molecule has 1 unspecified atom stereocenters. The first-order valence-electron chi connectivity index (χ1n) is 6.82. The van der Waals surface area contributed by atoms with Crippen LogP contribution in [0.3, 0.4) is 0 Å². The van der Waals surface area contributed by atoms with Crippen molar-refractivity contribution in [3.8, 4) is 0 Å². The van der Waals surface area contributed by atoms with Gasteiger partial charge in [-0.05, 0) is 12.8 Å². The first kappa shape index (κ1) is 14.7. The number of pyridine rings is 1. The Hall–Kier alpha value is -1.21. The molecule has 0 aliphatic carbocycles. The van der Waals surface area contributed by atoms with Crippen molar-refractivity contribution in [1.82, 2.24) is 9.88 Å². The summed E-state index contributed by atoms with van der Waals surface area (Å²) in [4.78, 5) is 7.86. The number of nitrogens with zero attached hydrogens (tertiary/aromatic N) is 3. The summed E-state index contributed by atoms with van der Waals surface area (Å²) >= 11 is 5.86. The highest BCUT2D eigenvalue weighted by Crippen LogP contribution is 2.36. The van der Waals surface area contributed by atoms with E-state index in [0.717, 1.165) is 12.8 Å². The van der Waals surface area contributed by atoms with Crippen LogP contribution in [0.2, 0.25) is 5.02 Å². The molecule has 2 bridgehead atoms. The lowest BCUT2D eigenvalue weighted by Crippen LogP contribution is -2.55. The fourth-order valence-electron chi connectivity index (χ4n) is 3.33. The van der Waals surface area contributed by atoms with Crippen molar-refractivity contribution < 1.29 is 13.2 Å². The predicted octanol–water partition coefficient (Wildman–Crippen LogP) is 2.53. The average molecular weight is 321 g/mol. The highest BCUT2D eigenvalue weighted by atomic mass is 35.5. The van der Waals surface area contributed by atoms with Crippen LogP contribution in [-0.2, 0) is 0 Å². The molecule has 0 radical (unpaired) electrons. The SMILES string of the molecule is Nc1cc(N2C3CC[C@@H]2CN(CC(F)(F)F)C3)ncc1Cl. The topological polar surface area (TPSA) is 45.4 Å². The van der Waals surface area contributed by atoms with Gasteiger partial charge in [-0.15, -0.1) is 0 Å². The maximum atomic E-state index is 12.5. The van der Waals surface area contributed by atoms with Gasteiger partial charge in [0.25, 0.3) is 0 Å². The first-order valence-corrected chi connectivity index (χ1v) is 7.20. The predicted molar refractivity (Wildman–Crippen MR) is 75.4 cm³/mol. The molecule has 2 atom stereocenters. The Balaban J connectivity index is 1.77. The van der Waals surface area contributed by atoms with Crippen molar-refractivity contribution in [2.45, 2.75) is 31.1 Å². The minimum absolute atomic E-state index is 0.0548. The molecule has 2 aliphatic heterocycles. The molecule has 2 saturated heterocycles. The molecule has 8 heteroatoms. The highest BCUT2D eigenvalue weighted by Gasteiger charge is 2.43. The number of fused-ring (bicyclic) bond motifs is 2. The average Bonchev–Trinajstić information content (AvgIpc) is 2.63. The molecular formula is C13H16ClF3N4. The van der Waals surface area contributed by atoms with E-state index in [1.54, 1.807) is 6.07 Å². The quantitative estimate of drug-likeness (QED) is 0.909. The molecule has 2 fully saturated rings. The summed E-state index contributed by atoms with van der Waals surface area (Å²) in [5.74, 6) is 0.705. The third-order valence-corrected chi connectivity index (χ3v) is 4.41. The van der Waals surface area contributed by atoms with Gasteiger partial charge < -0.3 is 10.6 Å². The van der Waals surface area contributed by atoms with Crippen molar-refractivity contribution in [2.24, 2.45) is 0 Å². The van der Waals surface area contributed by atoms with Crippen LogP contribution in [0.15, 0.2) is 12.3 Å². The molecule has 116 valence electrons. The van der Waals surface area contributed by atoms with Crippen LogP contribution in [0.1, 0.15) is 12.8 Å². The van der Waals surface area contributed by atoms with Gasteiger partial charge in [0.1, 0.15) is 5.82 Å². The normalized spacial score (nSPS) is 26.4. The second kappa shape index (κ2) is 5.21. The van der Waals surface area contributed by atoms with E-state index in [9.17, 15) is 13.2 Å². The van der Waals surface area contributed by atoms with Gasteiger partial charge in [0, 0.05) is 37.4 Å². The molecule has 0 saturated carbocycles. The van der Waals surface area contributed by atoms with E-state index >= 15 is 0 Å². The van der Waals surface area contributed by atoms with E-state index in [1.165, 1.54) is 11.1 Å². The van der Waals surface area contributed by atoms with Crippen molar-refractivity contribution in [3.05, 3.63) is 17.3 Å². The number of hydrogen-bond acceptors (Lipinski definition) is 4. The monoisotopic (exact) mass is 320 g/mol. The molecule has 1 aromatic rings. The van der Waals surface area contributed by atoms with Crippen LogP contribution in [0.4, 0.5) is 24.7 Å². The third-order valence-electron chi connectivity index (χ3n) is 4.10. The molecule has 3 rings (SSSR count). The van der Waals surface area contributed by atoms with E-state index in [4.69, 9.17) is 17.3 Å². The molecule has 0 spiro atoms. The van der Waals surface area contributed by atoms with E-state index < -0.39 is 12.7 Å². The van der Waals surface area contributed by atoms with Gasteiger partial charge in [0.15, 0.2) is 0 Å². The van der Waals surface area contributed by atoms with Crippen molar-refractivity contribution in [2.75, 3.05) is 30.3 Å². The fourth-order valence-corrected chi connectivity index (χ4v) is 3.43. The summed E-state index contributed by atoms with van der Waals surface area (Å²) in [6.07, 6.45) is -0.898. The number of anilines is 2. The molecule has 4 nitrogen and oxygen atoms in total. The zero-order valence-electron chi connectivity index (χ0n) is 11.3. The number of likely N-dealkylation sites (tertiary alicyclic amines) is 1. The Kier molecular flexibility index (Phi) is 3.65. The molecule has 1 aromatic heterocycles. The Morgan fingerprint density at radius 1 is 1.29 bits per heavy atom. The Labute approximate surface area is 125 Å². The number of hydrogen-bond donors (Lipinski definition) is 1. The smallest absolute Gasteiger partial charge is 0.397 e. The molecule has 0 aromatic carbocycles. The summed E-state index contributed by atoms with van der Waals surface area (Å²) in [5.41, 5.74) is 6.23. The lowest BCUT2D eigenvalue weighted by atomic mass is 10.2. The van der Waals surface area contributed by atoms with Gasteiger partial charge in [0.05, 0.1) is 17.3 Å². The van der Waals surface area contributed by atoms with Gasteiger partial charge in [-0.1, -0.05) is 11.6 Å². The van der Waals surface area contributed by atoms with Crippen molar-refractivity contribution in [3.63, 3.8) is 0 Å². The van der Waals surface area contributed by atoms with Crippen LogP contribution in [-0.4, -0.2) is 47.8 Å². The molecular weight excluding hydrogens is 305 g/mol. The van der Waals surface area contributed by atoms with Crippen LogP contribution in [0.25, 0.3) is 0 Å². The largest absolute Gasteiger partial charge is 0.401 e. The Bertz CT molecular complexity index is 523. The second-order valence-corrected chi connectivity index (χ2v) is 6.07. The van der Waals surface area contributed by atoms with Crippen LogP contribution in [0, 0.1) is 0 Å². The summed E-state index contributed by atoms with van der Waals surface area (Å²) in [6.45, 7) is -0.0372. The summed E-state index contributed by atoms with van der Waals surface area (Å²) in [6, 6.07) is 1.81. The van der Waals surface area contributed by atoms with E-state index in [2.05, 4.69) is 9.88 Å². The summed E-state index contributed by atoms with van der Waals surface area (Å²) in [5, 5.41) is 0.391. The Morgan fingerprint density at radius 2 is 1.90 bits per heavy atom. The van der Waals surface area contributed by atoms with Gasteiger partial charge in [-0.25, -0.2) is 4.98 Å². The zero-order chi connectivity index (χ0) is 15.2. The van der Waals surface area contributed by atoms with E-state index in [-0.39, 0.29) is 12.1 Å². The minimum atomic E-state index is -4.15. The number of rotatable bonds is 2. The maximum absolute atomic E-state index is 12.5. The van der Waals surface area contributed by atoms with Crippen molar-refractivity contribution >= 4 is 23.1 Å². The van der Waals surface area contributed by atoms with Crippen LogP contribution in [0.5, 0.6) is 0 Å². The standard InChI is InChI=1S/C13H16ClF3N4/c14-10-4-19-12(3-11(10)18)21-8-1-2-9(21)6-20(5-8)7-13(15,16)17/h3-4,8-9H,1-2,5-7H2,(H2,18,19)/t8-,9?/m1/s1. The first-order chi connectivity index (χ1) is 9.83. The molecule has 0 amide bonds. The molecule has 2 N–H and O–H groups in total. The number of alkyl halides is 3. The minimum Gasteiger partial charge on any atom is -0.397 e.